The Kier molecular flexibility index (Phi) is 5.16. The summed E-state index contributed by atoms with van der Waals surface area (Å²) in [6.45, 7) is 3.79. The topological polar surface area (TPSA) is 61.4 Å². The van der Waals surface area contributed by atoms with E-state index in [1.807, 2.05) is 48.2 Å². The van der Waals surface area contributed by atoms with Crippen molar-refractivity contribution < 1.29 is 4.79 Å². The molecule has 6 heteroatoms. The minimum Gasteiger partial charge on any atom is -0.378 e. The first-order valence-electron chi connectivity index (χ1n) is 8.68. The molecular weight excluding hydrogens is 314 g/mol. The number of nitrogens with zero attached hydrogens (tertiary/aromatic N) is 4. The van der Waals surface area contributed by atoms with Gasteiger partial charge in [-0.05, 0) is 43.0 Å². The molecule has 0 saturated carbocycles. The van der Waals surface area contributed by atoms with Crippen molar-refractivity contribution in [1.29, 1.82) is 0 Å². The lowest BCUT2D eigenvalue weighted by molar-refractivity contribution is 0.0677. The maximum Gasteiger partial charge on any atom is 0.272 e. The van der Waals surface area contributed by atoms with Gasteiger partial charge in [-0.1, -0.05) is 6.92 Å². The van der Waals surface area contributed by atoms with Crippen LogP contribution in [0.4, 0.5) is 17.2 Å². The van der Waals surface area contributed by atoms with Crippen LogP contribution in [0, 0.1) is 5.92 Å². The highest BCUT2D eigenvalue weighted by atomic mass is 16.2. The number of amides is 1. The van der Waals surface area contributed by atoms with E-state index in [2.05, 4.69) is 22.2 Å². The van der Waals surface area contributed by atoms with Gasteiger partial charge in [-0.3, -0.25) is 4.79 Å². The Morgan fingerprint density at radius 3 is 2.68 bits per heavy atom. The first-order chi connectivity index (χ1) is 12.0. The Labute approximate surface area is 148 Å². The van der Waals surface area contributed by atoms with Crippen molar-refractivity contribution in [3.05, 3.63) is 42.4 Å². The van der Waals surface area contributed by atoms with E-state index in [4.69, 9.17) is 0 Å². The summed E-state index contributed by atoms with van der Waals surface area (Å²) in [4.78, 5) is 25.0. The molecule has 1 aromatic heterocycles. The number of piperidine rings is 1. The van der Waals surface area contributed by atoms with Gasteiger partial charge in [0.1, 0.15) is 17.8 Å². The molecule has 3 rings (SSSR count). The first kappa shape index (κ1) is 17.2. The van der Waals surface area contributed by atoms with E-state index in [0.29, 0.717) is 17.4 Å². The van der Waals surface area contributed by atoms with Crippen LogP contribution in [-0.2, 0) is 0 Å². The van der Waals surface area contributed by atoms with Crippen molar-refractivity contribution in [2.24, 2.45) is 5.92 Å². The molecule has 0 bridgehead atoms. The minimum atomic E-state index is -0.0139. The van der Waals surface area contributed by atoms with Crippen LogP contribution in [-0.4, -0.2) is 48.0 Å². The third kappa shape index (κ3) is 4.26. The lowest BCUT2D eigenvalue weighted by atomic mass is 10.00. The van der Waals surface area contributed by atoms with Gasteiger partial charge < -0.3 is 15.1 Å². The fourth-order valence-corrected chi connectivity index (χ4v) is 3.07. The maximum atomic E-state index is 12.7. The third-order valence-electron chi connectivity index (χ3n) is 4.49. The van der Waals surface area contributed by atoms with Gasteiger partial charge in [0.15, 0.2) is 0 Å². The summed E-state index contributed by atoms with van der Waals surface area (Å²) in [5, 5.41) is 3.24. The summed E-state index contributed by atoms with van der Waals surface area (Å²) in [5.41, 5.74) is 2.49. The van der Waals surface area contributed by atoms with E-state index >= 15 is 0 Å². The van der Waals surface area contributed by atoms with Crippen molar-refractivity contribution in [3.8, 4) is 0 Å². The normalized spacial score (nSPS) is 17.2. The minimum absolute atomic E-state index is 0.0139. The Balaban J connectivity index is 1.71. The molecule has 1 amide bonds. The van der Waals surface area contributed by atoms with Crippen molar-refractivity contribution in [1.82, 2.24) is 14.9 Å². The van der Waals surface area contributed by atoms with Crippen molar-refractivity contribution in [3.63, 3.8) is 0 Å². The summed E-state index contributed by atoms with van der Waals surface area (Å²) in [7, 11) is 4.01. The fourth-order valence-electron chi connectivity index (χ4n) is 3.07. The molecule has 1 atom stereocenters. The van der Waals surface area contributed by atoms with Gasteiger partial charge in [0.2, 0.25) is 0 Å². The van der Waals surface area contributed by atoms with Crippen LogP contribution in [0.1, 0.15) is 30.3 Å². The van der Waals surface area contributed by atoms with Crippen LogP contribution >= 0.6 is 0 Å². The molecule has 1 unspecified atom stereocenters. The number of anilines is 3. The molecule has 0 spiro atoms. The van der Waals surface area contributed by atoms with Crippen LogP contribution in [0.25, 0.3) is 0 Å². The smallest absolute Gasteiger partial charge is 0.272 e. The van der Waals surface area contributed by atoms with Crippen molar-refractivity contribution >= 4 is 23.1 Å². The predicted molar refractivity (Wildman–Crippen MR) is 100 cm³/mol. The van der Waals surface area contributed by atoms with Crippen LogP contribution in [0.2, 0.25) is 0 Å². The molecule has 1 aliphatic rings. The maximum absolute atomic E-state index is 12.7. The van der Waals surface area contributed by atoms with Gasteiger partial charge >= 0.3 is 0 Å². The highest BCUT2D eigenvalue weighted by molar-refractivity contribution is 5.93. The van der Waals surface area contributed by atoms with Crippen LogP contribution in [0.15, 0.2) is 36.7 Å². The number of likely N-dealkylation sites (tertiary alicyclic amines) is 1. The van der Waals surface area contributed by atoms with E-state index in [9.17, 15) is 4.79 Å². The average Bonchev–Trinajstić information content (AvgIpc) is 2.62. The SMILES string of the molecule is CC1CCCN(C(=O)c2cc(Nc3ccc(N(C)C)cc3)ncn2)C1. The average molecular weight is 339 g/mol. The molecule has 132 valence electrons. The Morgan fingerprint density at radius 2 is 2.00 bits per heavy atom. The third-order valence-corrected chi connectivity index (χ3v) is 4.49. The summed E-state index contributed by atoms with van der Waals surface area (Å²) >= 11 is 0. The second-order valence-corrected chi connectivity index (χ2v) is 6.85. The van der Waals surface area contributed by atoms with Crippen LogP contribution in [0.5, 0.6) is 0 Å². The van der Waals surface area contributed by atoms with E-state index in [0.717, 1.165) is 30.9 Å². The van der Waals surface area contributed by atoms with Gasteiger partial charge in [0, 0.05) is 44.6 Å². The lowest BCUT2D eigenvalue weighted by Gasteiger charge is -2.30. The summed E-state index contributed by atoms with van der Waals surface area (Å²) in [6, 6.07) is 9.77. The Bertz CT molecular complexity index is 729. The van der Waals surface area contributed by atoms with Gasteiger partial charge in [-0.25, -0.2) is 9.97 Å². The van der Waals surface area contributed by atoms with Crippen LogP contribution < -0.4 is 10.2 Å². The van der Waals surface area contributed by atoms with Gasteiger partial charge in [-0.15, -0.1) is 0 Å². The number of rotatable bonds is 4. The predicted octanol–water partition coefficient (Wildman–Crippen LogP) is 3.16. The summed E-state index contributed by atoms with van der Waals surface area (Å²) in [6.07, 6.45) is 3.68. The van der Waals surface area contributed by atoms with Crippen molar-refractivity contribution in [2.45, 2.75) is 19.8 Å². The Hall–Kier alpha value is -2.63. The number of benzene rings is 1. The highest BCUT2D eigenvalue weighted by Gasteiger charge is 2.23. The highest BCUT2D eigenvalue weighted by Crippen LogP contribution is 2.21. The largest absolute Gasteiger partial charge is 0.378 e. The zero-order valence-electron chi connectivity index (χ0n) is 15.1. The number of hydrogen-bond donors (Lipinski definition) is 1. The van der Waals surface area contributed by atoms with Crippen LogP contribution in [0.3, 0.4) is 0 Å². The summed E-state index contributed by atoms with van der Waals surface area (Å²) in [5.74, 6) is 1.16. The molecule has 6 nitrogen and oxygen atoms in total. The van der Waals surface area contributed by atoms with Crippen molar-refractivity contribution in [2.75, 3.05) is 37.4 Å². The second kappa shape index (κ2) is 7.51. The summed E-state index contributed by atoms with van der Waals surface area (Å²) < 4.78 is 0. The molecular formula is C19H25N5O. The molecule has 25 heavy (non-hydrogen) atoms. The molecule has 1 aromatic carbocycles. The zero-order chi connectivity index (χ0) is 17.8. The fraction of sp³-hybridized carbons (Fsp3) is 0.421. The zero-order valence-corrected chi connectivity index (χ0v) is 15.1. The monoisotopic (exact) mass is 339 g/mol. The number of hydrogen-bond acceptors (Lipinski definition) is 5. The quantitative estimate of drug-likeness (QED) is 0.927. The molecule has 1 saturated heterocycles. The van der Waals surface area contributed by atoms with E-state index < -0.39 is 0 Å². The first-order valence-corrected chi connectivity index (χ1v) is 8.68. The lowest BCUT2D eigenvalue weighted by Crippen LogP contribution is -2.39. The second-order valence-electron chi connectivity index (χ2n) is 6.85. The van der Waals surface area contributed by atoms with Gasteiger partial charge in [0.05, 0.1) is 0 Å². The molecule has 0 radical (unpaired) electrons. The molecule has 0 aliphatic carbocycles. The molecule has 1 N–H and O–H groups in total. The van der Waals surface area contributed by atoms with Gasteiger partial charge in [0.25, 0.3) is 5.91 Å². The standard InChI is InChI=1S/C19H25N5O/c1-14-5-4-10-24(12-14)19(25)17-11-18(21-13-20-17)22-15-6-8-16(9-7-15)23(2)3/h6-9,11,13-14H,4-5,10,12H2,1-3H3,(H,20,21,22). The number of carbonyl (C=O) groups excluding carboxylic acids is 1. The number of aromatic nitrogens is 2. The van der Waals surface area contributed by atoms with E-state index in [-0.39, 0.29) is 5.91 Å². The molecule has 1 fully saturated rings. The molecule has 2 aromatic rings. The molecule has 2 heterocycles. The molecule has 1 aliphatic heterocycles. The van der Waals surface area contributed by atoms with E-state index in [1.165, 1.54) is 12.7 Å². The Morgan fingerprint density at radius 1 is 1.24 bits per heavy atom. The van der Waals surface area contributed by atoms with E-state index in [1.54, 1.807) is 6.07 Å². The number of carbonyl (C=O) groups is 1. The number of nitrogens with one attached hydrogen (secondary N) is 1. The van der Waals surface area contributed by atoms with Gasteiger partial charge in [-0.2, -0.15) is 0 Å².